The maximum Gasteiger partial charge on any atom is 0.157 e. The second-order valence-corrected chi connectivity index (χ2v) is 6.40. The normalized spacial score (nSPS) is 11.0. The number of hydrogen-bond donors (Lipinski definition) is 1. The number of fused-ring (bicyclic) bond motifs is 1. The molecule has 0 saturated heterocycles. The molecule has 0 aliphatic rings. The van der Waals surface area contributed by atoms with E-state index in [-0.39, 0.29) is 0 Å². The van der Waals surface area contributed by atoms with E-state index in [4.69, 9.17) is 0 Å². The number of benzene rings is 1. The summed E-state index contributed by atoms with van der Waals surface area (Å²) in [4.78, 5) is 4.50. The SMILES string of the molecule is Cc1ccc(NCc2cnc3c(c2)c(C)nn3C)cc1I. The van der Waals surface area contributed by atoms with Crippen LogP contribution in [0.2, 0.25) is 0 Å². The van der Waals surface area contributed by atoms with Crippen molar-refractivity contribution in [1.82, 2.24) is 14.8 Å². The molecular weight excluding hydrogens is 375 g/mol. The number of nitrogens with zero attached hydrogens (tertiary/aromatic N) is 3. The lowest BCUT2D eigenvalue weighted by atomic mass is 10.2. The lowest BCUT2D eigenvalue weighted by molar-refractivity contribution is 0.773. The van der Waals surface area contributed by atoms with Gasteiger partial charge in [-0.05, 0) is 65.8 Å². The van der Waals surface area contributed by atoms with Crippen LogP contribution in [0.25, 0.3) is 11.0 Å². The van der Waals surface area contributed by atoms with Gasteiger partial charge in [0.2, 0.25) is 0 Å². The maximum atomic E-state index is 4.50. The molecule has 21 heavy (non-hydrogen) atoms. The Morgan fingerprint density at radius 1 is 1.24 bits per heavy atom. The van der Waals surface area contributed by atoms with Crippen LogP contribution >= 0.6 is 22.6 Å². The van der Waals surface area contributed by atoms with Crippen LogP contribution in [0.15, 0.2) is 30.5 Å². The zero-order valence-corrected chi connectivity index (χ0v) is 14.5. The van der Waals surface area contributed by atoms with Crippen molar-refractivity contribution in [3.05, 3.63) is 50.9 Å². The fourth-order valence-electron chi connectivity index (χ4n) is 2.35. The molecule has 2 aromatic heterocycles. The van der Waals surface area contributed by atoms with Crippen LogP contribution < -0.4 is 5.32 Å². The smallest absolute Gasteiger partial charge is 0.157 e. The largest absolute Gasteiger partial charge is 0.381 e. The molecule has 3 aromatic rings. The van der Waals surface area contributed by atoms with Crippen LogP contribution in [0.3, 0.4) is 0 Å². The summed E-state index contributed by atoms with van der Waals surface area (Å²) < 4.78 is 3.10. The number of aryl methyl sites for hydroxylation is 3. The highest BCUT2D eigenvalue weighted by Gasteiger charge is 2.07. The van der Waals surface area contributed by atoms with E-state index >= 15 is 0 Å². The highest BCUT2D eigenvalue weighted by molar-refractivity contribution is 14.1. The quantitative estimate of drug-likeness (QED) is 0.690. The standard InChI is InChI=1S/C16H17IN4/c1-10-4-5-13(7-15(10)17)18-8-12-6-14-11(2)20-21(3)16(14)19-9-12/h4-7,9,18H,8H2,1-3H3. The lowest BCUT2D eigenvalue weighted by Crippen LogP contribution is -2.01. The second-order valence-electron chi connectivity index (χ2n) is 5.24. The van der Waals surface area contributed by atoms with Crippen LogP contribution in [0.4, 0.5) is 5.69 Å². The van der Waals surface area contributed by atoms with Gasteiger partial charge in [0.1, 0.15) is 0 Å². The molecule has 5 heteroatoms. The first-order valence-electron chi connectivity index (χ1n) is 6.83. The highest BCUT2D eigenvalue weighted by atomic mass is 127. The molecule has 0 aliphatic heterocycles. The van der Waals surface area contributed by atoms with Crippen LogP contribution in [0, 0.1) is 17.4 Å². The lowest BCUT2D eigenvalue weighted by Gasteiger charge is -2.08. The number of halogens is 1. The summed E-state index contributed by atoms with van der Waals surface area (Å²) in [6.07, 6.45) is 1.91. The van der Waals surface area contributed by atoms with Gasteiger partial charge in [0, 0.05) is 34.4 Å². The number of nitrogens with one attached hydrogen (secondary N) is 1. The summed E-state index contributed by atoms with van der Waals surface area (Å²) >= 11 is 2.36. The molecular formula is C16H17IN4. The molecule has 0 unspecified atom stereocenters. The van der Waals surface area contributed by atoms with Crippen molar-refractivity contribution in [2.24, 2.45) is 7.05 Å². The Hall–Kier alpha value is -1.63. The summed E-state index contributed by atoms with van der Waals surface area (Å²) in [6, 6.07) is 8.57. The van der Waals surface area contributed by atoms with Crippen molar-refractivity contribution < 1.29 is 0 Å². The molecule has 0 amide bonds. The molecule has 0 spiro atoms. The van der Waals surface area contributed by atoms with Crippen molar-refractivity contribution in [1.29, 1.82) is 0 Å². The van der Waals surface area contributed by atoms with Crippen molar-refractivity contribution in [2.45, 2.75) is 20.4 Å². The number of anilines is 1. The minimum atomic E-state index is 0.760. The van der Waals surface area contributed by atoms with Gasteiger partial charge in [-0.2, -0.15) is 5.10 Å². The average Bonchev–Trinajstić information content (AvgIpc) is 2.75. The van der Waals surface area contributed by atoms with Crippen molar-refractivity contribution in [3.8, 4) is 0 Å². The van der Waals surface area contributed by atoms with Gasteiger partial charge in [0.05, 0.1) is 5.69 Å². The predicted octanol–water partition coefficient (Wildman–Crippen LogP) is 3.80. The minimum Gasteiger partial charge on any atom is -0.381 e. The maximum absolute atomic E-state index is 4.50. The highest BCUT2D eigenvalue weighted by Crippen LogP contribution is 2.19. The predicted molar refractivity (Wildman–Crippen MR) is 94.5 cm³/mol. The third kappa shape index (κ3) is 2.88. The molecule has 0 aliphatic carbocycles. The van der Waals surface area contributed by atoms with E-state index in [2.05, 4.69) is 69.2 Å². The summed E-state index contributed by atoms with van der Waals surface area (Å²) in [7, 11) is 1.93. The van der Waals surface area contributed by atoms with Crippen molar-refractivity contribution in [3.63, 3.8) is 0 Å². The summed E-state index contributed by atoms with van der Waals surface area (Å²) in [5, 5.41) is 8.97. The van der Waals surface area contributed by atoms with E-state index in [9.17, 15) is 0 Å². The summed E-state index contributed by atoms with van der Waals surface area (Å²) in [5.74, 6) is 0. The molecule has 3 rings (SSSR count). The van der Waals surface area contributed by atoms with Gasteiger partial charge in [-0.3, -0.25) is 4.68 Å². The van der Waals surface area contributed by atoms with Gasteiger partial charge in [0.15, 0.2) is 5.65 Å². The molecule has 108 valence electrons. The second kappa shape index (κ2) is 5.63. The third-order valence-corrected chi connectivity index (χ3v) is 4.75. The molecule has 0 fully saturated rings. The van der Waals surface area contributed by atoms with Crippen LogP contribution in [-0.4, -0.2) is 14.8 Å². The number of hydrogen-bond acceptors (Lipinski definition) is 3. The van der Waals surface area contributed by atoms with Gasteiger partial charge >= 0.3 is 0 Å². The average molecular weight is 392 g/mol. The fraction of sp³-hybridized carbons (Fsp3) is 0.250. The van der Waals surface area contributed by atoms with Crippen LogP contribution in [0.1, 0.15) is 16.8 Å². The Morgan fingerprint density at radius 3 is 2.81 bits per heavy atom. The molecule has 0 atom stereocenters. The van der Waals surface area contributed by atoms with Gasteiger partial charge in [-0.15, -0.1) is 0 Å². The minimum absolute atomic E-state index is 0.760. The molecule has 0 radical (unpaired) electrons. The number of rotatable bonds is 3. The third-order valence-electron chi connectivity index (χ3n) is 3.59. The first-order chi connectivity index (χ1) is 10.0. The molecule has 1 N–H and O–H groups in total. The Kier molecular flexibility index (Phi) is 3.84. The van der Waals surface area contributed by atoms with E-state index in [0.717, 1.165) is 34.5 Å². The Labute approximate surface area is 137 Å². The van der Waals surface area contributed by atoms with E-state index < -0.39 is 0 Å². The van der Waals surface area contributed by atoms with Gasteiger partial charge < -0.3 is 5.32 Å². The first-order valence-corrected chi connectivity index (χ1v) is 7.91. The summed E-state index contributed by atoms with van der Waals surface area (Å²) in [5.41, 5.74) is 5.55. The monoisotopic (exact) mass is 392 g/mol. The molecule has 0 saturated carbocycles. The molecule has 4 nitrogen and oxygen atoms in total. The first kappa shape index (κ1) is 14.3. The van der Waals surface area contributed by atoms with Crippen molar-refractivity contribution in [2.75, 3.05) is 5.32 Å². The molecule has 1 aromatic carbocycles. The van der Waals surface area contributed by atoms with Gasteiger partial charge in [-0.25, -0.2) is 4.98 Å². The zero-order valence-electron chi connectivity index (χ0n) is 12.3. The van der Waals surface area contributed by atoms with E-state index in [1.165, 1.54) is 9.13 Å². The van der Waals surface area contributed by atoms with Gasteiger partial charge in [0.25, 0.3) is 0 Å². The Morgan fingerprint density at radius 2 is 2.05 bits per heavy atom. The summed E-state index contributed by atoms with van der Waals surface area (Å²) in [6.45, 7) is 4.90. The Bertz CT molecular complexity index is 807. The van der Waals surface area contributed by atoms with E-state index in [1.807, 2.05) is 24.9 Å². The zero-order chi connectivity index (χ0) is 15.0. The Balaban J connectivity index is 1.81. The van der Waals surface area contributed by atoms with Crippen LogP contribution in [0.5, 0.6) is 0 Å². The number of pyridine rings is 1. The van der Waals surface area contributed by atoms with Gasteiger partial charge in [-0.1, -0.05) is 6.07 Å². The van der Waals surface area contributed by atoms with Crippen LogP contribution in [-0.2, 0) is 13.6 Å². The topological polar surface area (TPSA) is 42.7 Å². The number of aromatic nitrogens is 3. The van der Waals surface area contributed by atoms with E-state index in [1.54, 1.807) is 0 Å². The fourth-order valence-corrected chi connectivity index (χ4v) is 2.87. The molecule has 2 heterocycles. The molecule has 0 bridgehead atoms. The van der Waals surface area contributed by atoms with E-state index in [0.29, 0.717) is 0 Å². The van der Waals surface area contributed by atoms with Crippen molar-refractivity contribution >= 4 is 39.3 Å².